The van der Waals surface area contributed by atoms with E-state index in [-0.39, 0.29) is 12.1 Å². The third-order valence-corrected chi connectivity index (χ3v) is 1.63. The highest BCUT2D eigenvalue weighted by Gasteiger charge is 2.13. The molecule has 2 unspecified atom stereocenters. The number of hydrazine groups is 1. The molecule has 3 heteroatoms. The van der Waals surface area contributed by atoms with Gasteiger partial charge in [0.05, 0.1) is 12.1 Å². The van der Waals surface area contributed by atoms with E-state index in [4.69, 9.17) is 10.6 Å². The van der Waals surface area contributed by atoms with Gasteiger partial charge in [-0.05, 0) is 20.3 Å². The van der Waals surface area contributed by atoms with Gasteiger partial charge >= 0.3 is 0 Å². The van der Waals surface area contributed by atoms with Crippen LogP contribution in [0.2, 0.25) is 0 Å². The molecule has 0 aliphatic rings. The van der Waals surface area contributed by atoms with Crippen molar-refractivity contribution in [3.05, 3.63) is 12.7 Å². The Hall–Kier alpha value is -0.380. The number of hydrogen-bond acceptors (Lipinski definition) is 3. The molecule has 0 fully saturated rings. The number of ether oxygens (including phenoxy) is 1. The maximum absolute atomic E-state index is 5.36. The predicted octanol–water partition coefficient (Wildman–Crippen LogP) is 0.819. The lowest BCUT2D eigenvalue weighted by atomic mass is 10.1. The van der Waals surface area contributed by atoms with Crippen LogP contribution in [0, 0.1) is 0 Å². The summed E-state index contributed by atoms with van der Waals surface area (Å²) in [4.78, 5) is 0. The van der Waals surface area contributed by atoms with Crippen molar-refractivity contribution in [1.82, 2.24) is 5.43 Å². The van der Waals surface area contributed by atoms with E-state index in [0.29, 0.717) is 0 Å². The largest absolute Gasteiger partial charge is 0.377 e. The summed E-state index contributed by atoms with van der Waals surface area (Å²) in [6.07, 6.45) is 2.81. The zero-order valence-corrected chi connectivity index (χ0v) is 7.34. The van der Waals surface area contributed by atoms with E-state index in [2.05, 4.69) is 12.0 Å². The second kappa shape index (κ2) is 6.34. The molecule has 0 saturated heterocycles. The van der Waals surface area contributed by atoms with Crippen molar-refractivity contribution in [2.75, 3.05) is 6.61 Å². The van der Waals surface area contributed by atoms with Crippen LogP contribution in [-0.4, -0.2) is 18.8 Å². The van der Waals surface area contributed by atoms with Crippen LogP contribution in [0.15, 0.2) is 12.7 Å². The molecule has 11 heavy (non-hydrogen) atoms. The minimum Gasteiger partial charge on any atom is -0.377 e. The van der Waals surface area contributed by atoms with Gasteiger partial charge in [-0.3, -0.25) is 11.3 Å². The Bertz CT molecular complexity index is 106. The monoisotopic (exact) mass is 158 g/mol. The Labute approximate surface area is 68.6 Å². The molecule has 2 atom stereocenters. The van der Waals surface area contributed by atoms with Gasteiger partial charge < -0.3 is 4.74 Å². The first-order valence-electron chi connectivity index (χ1n) is 3.94. The molecule has 0 aliphatic carbocycles. The fraction of sp³-hybridized carbons (Fsp3) is 0.750. The summed E-state index contributed by atoms with van der Waals surface area (Å²) < 4.78 is 5.36. The van der Waals surface area contributed by atoms with Gasteiger partial charge in [-0.25, -0.2) is 0 Å². The topological polar surface area (TPSA) is 47.3 Å². The standard InChI is InChI=1S/C8H18N2O/c1-4-6-8(10-9)7(3)11-5-2/h4,7-8,10H,1,5-6,9H2,2-3H3. The molecule has 0 radical (unpaired) electrons. The number of hydrogen-bond donors (Lipinski definition) is 2. The van der Waals surface area contributed by atoms with Crippen LogP contribution in [0.5, 0.6) is 0 Å². The van der Waals surface area contributed by atoms with Gasteiger partial charge in [0.15, 0.2) is 0 Å². The Morgan fingerprint density at radius 1 is 1.73 bits per heavy atom. The molecule has 0 spiro atoms. The Balaban J connectivity index is 3.70. The second-order valence-corrected chi connectivity index (χ2v) is 2.46. The third kappa shape index (κ3) is 4.14. The maximum atomic E-state index is 5.36. The summed E-state index contributed by atoms with van der Waals surface area (Å²) in [5.74, 6) is 5.31. The highest BCUT2D eigenvalue weighted by atomic mass is 16.5. The fourth-order valence-electron chi connectivity index (χ4n) is 0.954. The quantitative estimate of drug-likeness (QED) is 0.342. The molecule has 0 aromatic heterocycles. The molecule has 3 nitrogen and oxygen atoms in total. The Morgan fingerprint density at radius 2 is 2.36 bits per heavy atom. The van der Waals surface area contributed by atoms with E-state index < -0.39 is 0 Å². The molecule has 0 aromatic carbocycles. The van der Waals surface area contributed by atoms with E-state index in [1.54, 1.807) is 0 Å². The number of nitrogens with one attached hydrogen (secondary N) is 1. The van der Waals surface area contributed by atoms with Crippen LogP contribution >= 0.6 is 0 Å². The van der Waals surface area contributed by atoms with Crippen molar-refractivity contribution >= 4 is 0 Å². The van der Waals surface area contributed by atoms with Gasteiger partial charge in [-0.2, -0.15) is 0 Å². The lowest BCUT2D eigenvalue weighted by Crippen LogP contribution is -2.43. The highest BCUT2D eigenvalue weighted by molar-refractivity contribution is 4.80. The normalized spacial score (nSPS) is 15.9. The summed E-state index contributed by atoms with van der Waals surface area (Å²) in [5.41, 5.74) is 2.69. The SMILES string of the molecule is C=CCC(NN)C(C)OCC. The van der Waals surface area contributed by atoms with E-state index in [9.17, 15) is 0 Å². The molecular formula is C8H18N2O. The molecule has 3 N–H and O–H groups in total. The maximum Gasteiger partial charge on any atom is 0.0716 e. The summed E-state index contributed by atoms with van der Waals surface area (Å²) >= 11 is 0. The zero-order chi connectivity index (χ0) is 8.69. The lowest BCUT2D eigenvalue weighted by Gasteiger charge is -2.21. The van der Waals surface area contributed by atoms with Crippen LogP contribution in [-0.2, 0) is 4.74 Å². The number of nitrogens with two attached hydrogens (primary N) is 1. The summed E-state index contributed by atoms with van der Waals surface area (Å²) in [5, 5.41) is 0. The molecule has 0 heterocycles. The smallest absolute Gasteiger partial charge is 0.0716 e. The summed E-state index contributed by atoms with van der Waals surface area (Å²) in [7, 11) is 0. The average Bonchev–Trinajstić information content (AvgIpc) is 2.00. The third-order valence-electron chi connectivity index (χ3n) is 1.63. The van der Waals surface area contributed by atoms with Gasteiger partial charge in [0.1, 0.15) is 0 Å². The molecule has 0 amide bonds. The van der Waals surface area contributed by atoms with Gasteiger partial charge in [0, 0.05) is 6.61 Å². The molecule has 66 valence electrons. The molecule has 0 rings (SSSR count). The van der Waals surface area contributed by atoms with Crippen LogP contribution in [0.25, 0.3) is 0 Å². The highest BCUT2D eigenvalue weighted by Crippen LogP contribution is 2.02. The molecule has 0 aromatic rings. The first-order chi connectivity index (χ1) is 5.26. The van der Waals surface area contributed by atoms with Crippen LogP contribution in [0.3, 0.4) is 0 Å². The van der Waals surface area contributed by atoms with Crippen LogP contribution in [0.4, 0.5) is 0 Å². The van der Waals surface area contributed by atoms with Crippen molar-refractivity contribution in [1.29, 1.82) is 0 Å². The van der Waals surface area contributed by atoms with E-state index >= 15 is 0 Å². The summed E-state index contributed by atoms with van der Waals surface area (Å²) in [6.45, 7) is 8.33. The fourth-order valence-corrected chi connectivity index (χ4v) is 0.954. The van der Waals surface area contributed by atoms with E-state index in [1.165, 1.54) is 0 Å². The summed E-state index contributed by atoms with van der Waals surface area (Å²) in [6, 6.07) is 0.174. The van der Waals surface area contributed by atoms with Crippen LogP contribution in [0.1, 0.15) is 20.3 Å². The molecule has 0 bridgehead atoms. The minimum atomic E-state index is 0.142. The van der Waals surface area contributed by atoms with Crippen molar-refractivity contribution in [2.45, 2.75) is 32.4 Å². The van der Waals surface area contributed by atoms with Crippen molar-refractivity contribution in [2.24, 2.45) is 5.84 Å². The predicted molar refractivity (Wildman–Crippen MR) is 47.0 cm³/mol. The molecular weight excluding hydrogens is 140 g/mol. The van der Waals surface area contributed by atoms with Gasteiger partial charge in [0.2, 0.25) is 0 Å². The number of rotatable bonds is 6. The minimum absolute atomic E-state index is 0.142. The molecule has 0 saturated carbocycles. The van der Waals surface area contributed by atoms with E-state index in [1.807, 2.05) is 19.9 Å². The Morgan fingerprint density at radius 3 is 2.73 bits per heavy atom. The first-order valence-corrected chi connectivity index (χ1v) is 3.94. The van der Waals surface area contributed by atoms with E-state index in [0.717, 1.165) is 13.0 Å². The van der Waals surface area contributed by atoms with Crippen molar-refractivity contribution in [3.63, 3.8) is 0 Å². The zero-order valence-electron chi connectivity index (χ0n) is 7.34. The van der Waals surface area contributed by atoms with Crippen molar-refractivity contribution < 1.29 is 4.74 Å². The average molecular weight is 158 g/mol. The molecule has 0 aliphatic heterocycles. The van der Waals surface area contributed by atoms with Crippen LogP contribution < -0.4 is 11.3 Å². The van der Waals surface area contributed by atoms with Gasteiger partial charge in [-0.15, -0.1) is 6.58 Å². The van der Waals surface area contributed by atoms with Gasteiger partial charge in [0.25, 0.3) is 0 Å². The first kappa shape index (κ1) is 10.6. The lowest BCUT2D eigenvalue weighted by molar-refractivity contribution is 0.0483. The Kier molecular flexibility index (Phi) is 6.12. The second-order valence-electron chi connectivity index (χ2n) is 2.46. The van der Waals surface area contributed by atoms with Gasteiger partial charge in [-0.1, -0.05) is 6.08 Å². The van der Waals surface area contributed by atoms with Crippen molar-refractivity contribution in [3.8, 4) is 0 Å².